The van der Waals surface area contributed by atoms with Crippen molar-refractivity contribution in [1.29, 1.82) is 0 Å². The van der Waals surface area contributed by atoms with Gasteiger partial charge in [-0.05, 0) is 57.1 Å². The molecular formula is C21H24N2O3. The van der Waals surface area contributed by atoms with Crippen molar-refractivity contribution < 1.29 is 14.3 Å². The predicted molar refractivity (Wildman–Crippen MR) is 99.0 cm³/mol. The second-order valence-corrected chi connectivity index (χ2v) is 7.32. The summed E-state index contributed by atoms with van der Waals surface area (Å²) in [6, 6.07) is 7.94. The number of fused-ring (bicyclic) bond motifs is 2. The molecule has 0 radical (unpaired) electrons. The number of para-hydroxylation sites is 1. The molecule has 1 atom stereocenters. The summed E-state index contributed by atoms with van der Waals surface area (Å²) in [7, 11) is 0. The minimum atomic E-state index is -0.795. The summed E-state index contributed by atoms with van der Waals surface area (Å²) in [5.41, 5.74) is 3.41. The van der Waals surface area contributed by atoms with Crippen LogP contribution in [0.4, 0.5) is 0 Å². The smallest absolute Gasteiger partial charge is 0.339 e. The zero-order valence-corrected chi connectivity index (χ0v) is 15.1. The number of pyridine rings is 1. The van der Waals surface area contributed by atoms with Gasteiger partial charge in [-0.3, -0.25) is 9.78 Å². The number of nitrogens with one attached hydrogen (secondary N) is 1. The van der Waals surface area contributed by atoms with E-state index in [9.17, 15) is 9.59 Å². The molecule has 1 aromatic carbocycles. The highest BCUT2D eigenvalue weighted by atomic mass is 16.5. The highest BCUT2D eigenvalue weighted by Gasteiger charge is 2.29. The van der Waals surface area contributed by atoms with Crippen LogP contribution in [-0.4, -0.2) is 29.0 Å². The molecule has 4 rings (SSSR count). The van der Waals surface area contributed by atoms with Gasteiger partial charge in [0.2, 0.25) is 0 Å². The molecule has 0 bridgehead atoms. The first-order chi connectivity index (χ1) is 12.6. The van der Waals surface area contributed by atoms with E-state index in [4.69, 9.17) is 9.72 Å². The first kappa shape index (κ1) is 17.0. The SMILES string of the molecule is C[C@@H](OC(=O)c1c2c(nc3ccccc13)CCCCC2)C(=O)NC1CC1. The van der Waals surface area contributed by atoms with E-state index in [1.165, 1.54) is 0 Å². The van der Waals surface area contributed by atoms with Gasteiger partial charge in [-0.2, -0.15) is 0 Å². The van der Waals surface area contributed by atoms with Crippen molar-refractivity contribution in [3.8, 4) is 0 Å². The van der Waals surface area contributed by atoms with Gasteiger partial charge in [0.15, 0.2) is 6.10 Å². The van der Waals surface area contributed by atoms with Gasteiger partial charge in [0.25, 0.3) is 5.91 Å². The van der Waals surface area contributed by atoms with Crippen LogP contribution in [0.1, 0.15) is 60.6 Å². The number of benzene rings is 1. The number of amides is 1. The van der Waals surface area contributed by atoms with Gasteiger partial charge in [0.1, 0.15) is 0 Å². The molecule has 2 aliphatic carbocycles. The molecule has 0 saturated heterocycles. The van der Waals surface area contributed by atoms with E-state index in [1.54, 1.807) is 6.92 Å². The number of aromatic nitrogens is 1. The fraction of sp³-hybridized carbons (Fsp3) is 0.476. The lowest BCUT2D eigenvalue weighted by Gasteiger charge is -2.17. The van der Waals surface area contributed by atoms with Gasteiger partial charge in [0, 0.05) is 17.1 Å². The molecule has 0 spiro atoms. The van der Waals surface area contributed by atoms with Crippen molar-refractivity contribution in [3.05, 3.63) is 41.1 Å². The summed E-state index contributed by atoms with van der Waals surface area (Å²) < 4.78 is 5.56. The lowest BCUT2D eigenvalue weighted by molar-refractivity contribution is -0.129. The van der Waals surface area contributed by atoms with Crippen molar-refractivity contribution in [3.63, 3.8) is 0 Å². The van der Waals surface area contributed by atoms with E-state index in [1.807, 2.05) is 24.3 Å². The van der Waals surface area contributed by atoms with E-state index in [-0.39, 0.29) is 11.9 Å². The maximum absolute atomic E-state index is 13.0. The Kier molecular flexibility index (Phi) is 4.62. The molecule has 5 heteroatoms. The third-order valence-electron chi connectivity index (χ3n) is 5.20. The maximum atomic E-state index is 13.0. The molecule has 2 aromatic rings. The minimum Gasteiger partial charge on any atom is -0.449 e. The van der Waals surface area contributed by atoms with Crippen LogP contribution >= 0.6 is 0 Å². The van der Waals surface area contributed by atoms with Gasteiger partial charge in [-0.1, -0.05) is 24.6 Å². The third kappa shape index (κ3) is 3.43. The second kappa shape index (κ2) is 7.06. The summed E-state index contributed by atoms with van der Waals surface area (Å²) in [5, 5.41) is 3.70. The summed E-state index contributed by atoms with van der Waals surface area (Å²) >= 11 is 0. The number of esters is 1. The average molecular weight is 352 g/mol. The second-order valence-electron chi connectivity index (χ2n) is 7.32. The van der Waals surface area contributed by atoms with Crippen molar-refractivity contribution in [2.24, 2.45) is 0 Å². The standard InChI is InChI=1S/C21H24N2O3/c1-13(20(24)22-14-11-12-14)26-21(25)19-15-7-3-2-4-9-17(15)23-18-10-6-5-8-16(18)19/h5-6,8,10,13-14H,2-4,7,9,11-12H2,1H3,(H,22,24)/t13-/m1/s1. The fourth-order valence-corrected chi connectivity index (χ4v) is 3.60. The molecule has 1 fully saturated rings. The van der Waals surface area contributed by atoms with Gasteiger partial charge in [-0.15, -0.1) is 0 Å². The minimum absolute atomic E-state index is 0.217. The van der Waals surface area contributed by atoms with E-state index < -0.39 is 12.1 Å². The summed E-state index contributed by atoms with van der Waals surface area (Å²) in [5.74, 6) is -0.634. The molecule has 0 unspecified atom stereocenters. The Hall–Kier alpha value is -2.43. The quantitative estimate of drug-likeness (QED) is 0.677. The van der Waals surface area contributed by atoms with Crippen LogP contribution in [0.3, 0.4) is 0 Å². The lowest BCUT2D eigenvalue weighted by atomic mass is 9.97. The fourth-order valence-electron chi connectivity index (χ4n) is 3.60. The monoisotopic (exact) mass is 352 g/mol. The van der Waals surface area contributed by atoms with E-state index in [2.05, 4.69) is 5.32 Å². The zero-order valence-electron chi connectivity index (χ0n) is 15.1. The molecule has 1 N–H and O–H groups in total. The number of hydrogen-bond acceptors (Lipinski definition) is 4. The molecule has 26 heavy (non-hydrogen) atoms. The molecule has 0 aliphatic heterocycles. The molecule has 1 saturated carbocycles. The van der Waals surface area contributed by atoms with Gasteiger partial charge in [0.05, 0.1) is 11.1 Å². The Morgan fingerprint density at radius 1 is 1.15 bits per heavy atom. The van der Waals surface area contributed by atoms with Crippen LogP contribution in [0.5, 0.6) is 0 Å². The highest BCUT2D eigenvalue weighted by Crippen LogP contribution is 2.29. The Labute approximate surface area is 153 Å². The number of carbonyl (C=O) groups excluding carboxylic acids is 2. The molecule has 136 valence electrons. The summed E-state index contributed by atoms with van der Waals surface area (Å²) in [4.78, 5) is 30.0. The van der Waals surface area contributed by atoms with Gasteiger partial charge >= 0.3 is 5.97 Å². The van der Waals surface area contributed by atoms with E-state index >= 15 is 0 Å². The Bertz CT molecular complexity index is 858. The zero-order chi connectivity index (χ0) is 18.1. The van der Waals surface area contributed by atoms with Gasteiger partial charge < -0.3 is 10.1 Å². The van der Waals surface area contributed by atoms with E-state index in [0.29, 0.717) is 5.56 Å². The highest BCUT2D eigenvalue weighted by molar-refractivity contribution is 6.05. The maximum Gasteiger partial charge on any atom is 0.339 e. The van der Waals surface area contributed by atoms with Crippen molar-refractivity contribution in [2.75, 3.05) is 0 Å². The van der Waals surface area contributed by atoms with Crippen LogP contribution in [0.2, 0.25) is 0 Å². The Morgan fingerprint density at radius 2 is 1.92 bits per heavy atom. The van der Waals surface area contributed by atoms with Gasteiger partial charge in [-0.25, -0.2) is 4.79 Å². The van der Waals surface area contributed by atoms with Crippen molar-refractivity contribution >= 4 is 22.8 Å². The number of aryl methyl sites for hydroxylation is 1. The summed E-state index contributed by atoms with van der Waals surface area (Å²) in [6.07, 6.45) is 6.22. The topological polar surface area (TPSA) is 68.3 Å². The normalized spacial score (nSPS) is 17.9. The number of ether oxygens (including phenoxy) is 1. The molecule has 1 aromatic heterocycles. The third-order valence-corrected chi connectivity index (χ3v) is 5.20. The first-order valence-corrected chi connectivity index (χ1v) is 9.55. The number of nitrogens with zero attached hydrogens (tertiary/aromatic N) is 1. The van der Waals surface area contributed by atoms with Crippen LogP contribution < -0.4 is 5.32 Å². The first-order valence-electron chi connectivity index (χ1n) is 9.55. The van der Waals surface area contributed by atoms with Crippen LogP contribution in [0.25, 0.3) is 10.9 Å². The average Bonchev–Trinajstić information content (AvgIpc) is 3.46. The van der Waals surface area contributed by atoms with Crippen LogP contribution in [0, 0.1) is 0 Å². The summed E-state index contributed by atoms with van der Waals surface area (Å²) in [6.45, 7) is 1.64. The Morgan fingerprint density at radius 3 is 2.73 bits per heavy atom. The van der Waals surface area contributed by atoms with Crippen LogP contribution in [-0.2, 0) is 22.4 Å². The van der Waals surface area contributed by atoms with Crippen molar-refractivity contribution in [2.45, 2.75) is 64.0 Å². The largest absolute Gasteiger partial charge is 0.449 e. The number of rotatable bonds is 4. The molecule has 1 heterocycles. The molecule has 1 amide bonds. The Balaban J connectivity index is 1.68. The number of carbonyl (C=O) groups is 2. The number of hydrogen-bond donors (Lipinski definition) is 1. The van der Waals surface area contributed by atoms with Crippen molar-refractivity contribution in [1.82, 2.24) is 10.3 Å². The lowest BCUT2D eigenvalue weighted by Crippen LogP contribution is -2.37. The van der Waals surface area contributed by atoms with Crippen LogP contribution in [0.15, 0.2) is 24.3 Å². The molecule has 2 aliphatic rings. The van der Waals surface area contributed by atoms with E-state index in [0.717, 1.165) is 67.1 Å². The molecular weight excluding hydrogens is 328 g/mol. The molecule has 5 nitrogen and oxygen atoms in total. The predicted octanol–water partition coefficient (Wildman–Crippen LogP) is 3.33.